The first-order valence-corrected chi connectivity index (χ1v) is 8.84. The first kappa shape index (κ1) is 14.5. The van der Waals surface area contributed by atoms with Crippen LogP contribution in [0.25, 0.3) is 0 Å². The summed E-state index contributed by atoms with van der Waals surface area (Å²) in [5.41, 5.74) is 1.35. The average Bonchev–Trinajstić information content (AvgIpc) is 3.18. The van der Waals surface area contributed by atoms with Crippen LogP contribution in [0.2, 0.25) is 0 Å². The molecule has 1 saturated carbocycles. The van der Waals surface area contributed by atoms with E-state index in [-0.39, 0.29) is 5.54 Å². The summed E-state index contributed by atoms with van der Waals surface area (Å²) in [6.07, 6.45) is 7.31. The highest BCUT2D eigenvalue weighted by Gasteiger charge is 2.43. The molecular weight excluding hydrogens is 268 g/mol. The Bertz CT molecular complexity index is 469. The standard InChI is InChI=1S/C16H26N2OS/c1-4-13-10-16(8-9-19-13,18-12-6-7-12)15-17-14(5-2)11(3)20-15/h12-13,18H,4-10H2,1-3H3. The summed E-state index contributed by atoms with van der Waals surface area (Å²) in [5, 5.41) is 5.23. The molecule has 2 aliphatic rings. The van der Waals surface area contributed by atoms with Crippen LogP contribution >= 0.6 is 11.3 Å². The Kier molecular flexibility index (Phi) is 4.16. The Morgan fingerprint density at radius 1 is 1.40 bits per heavy atom. The number of rotatable bonds is 5. The van der Waals surface area contributed by atoms with Crippen molar-refractivity contribution in [2.45, 2.75) is 77.0 Å². The molecule has 1 saturated heterocycles. The Balaban J connectivity index is 1.90. The van der Waals surface area contributed by atoms with Crippen molar-refractivity contribution < 1.29 is 4.74 Å². The van der Waals surface area contributed by atoms with Gasteiger partial charge in [-0.1, -0.05) is 13.8 Å². The summed E-state index contributed by atoms with van der Waals surface area (Å²) >= 11 is 1.90. The zero-order valence-corrected chi connectivity index (χ0v) is 13.7. The van der Waals surface area contributed by atoms with Gasteiger partial charge in [-0.25, -0.2) is 4.98 Å². The second-order valence-corrected chi connectivity index (χ2v) is 7.43. The van der Waals surface area contributed by atoms with Crippen molar-refractivity contribution in [3.63, 3.8) is 0 Å². The van der Waals surface area contributed by atoms with E-state index >= 15 is 0 Å². The summed E-state index contributed by atoms with van der Waals surface area (Å²) in [7, 11) is 0. The minimum atomic E-state index is 0.0724. The highest BCUT2D eigenvalue weighted by Crippen LogP contribution is 2.41. The molecule has 2 atom stereocenters. The van der Waals surface area contributed by atoms with E-state index in [1.54, 1.807) is 0 Å². The van der Waals surface area contributed by atoms with Gasteiger partial charge in [0.15, 0.2) is 0 Å². The number of hydrogen-bond acceptors (Lipinski definition) is 4. The zero-order chi connectivity index (χ0) is 14.2. The SMILES string of the molecule is CCc1nc(C2(NC3CC3)CCOC(CC)C2)sc1C. The van der Waals surface area contributed by atoms with Crippen molar-refractivity contribution in [1.29, 1.82) is 0 Å². The molecule has 4 heteroatoms. The molecule has 1 N–H and O–H groups in total. The number of nitrogens with zero attached hydrogens (tertiary/aromatic N) is 1. The van der Waals surface area contributed by atoms with Gasteiger partial charge < -0.3 is 10.1 Å². The van der Waals surface area contributed by atoms with E-state index in [2.05, 4.69) is 26.1 Å². The molecule has 1 aliphatic carbocycles. The van der Waals surface area contributed by atoms with Gasteiger partial charge >= 0.3 is 0 Å². The molecule has 0 amide bonds. The molecule has 0 spiro atoms. The van der Waals surface area contributed by atoms with Crippen molar-refractivity contribution in [3.8, 4) is 0 Å². The molecule has 1 aliphatic heterocycles. The maximum Gasteiger partial charge on any atom is 0.113 e. The maximum atomic E-state index is 5.91. The lowest BCUT2D eigenvalue weighted by Gasteiger charge is -2.40. The van der Waals surface area contributed by atoms with E-state index in [1.165, 1.54) is 28.4 Å². The van der Waals surface area contributed by atoms with Crippen LogP contribution in [0.1, 0.15) is 61.5 Å². The molecule has 0 aromatic carbocycles. The van der Waals surface area contributed by atoms with Crippen LogP contribution in [0.3, 0.4) is 0 Å². The molecule has 1 aromatic rings. The highest BCUT2D eigenvalue weighted by molar-refractivity contribution is 7.11. The number of aromatic nitrogens is 1. The van der Waals surface area contributed by atoms with E-state index in [1.807, 2.05) is 11.3 Å². The zero-order valence-electron chi connectivity index (χ0n) is 12.9. The van der Waals surface area contributed by atoms with Crippen LogP contribution < -0.4 is 5.32 Å². The summed E-state index contributed by atoms with van der Waals surface area (Å²) in [6.45, 7) is 7.49. The van der Waals surface area contributed by atoms with Gasteiger partial charge in [0.1, 0.15) is 5.01 Å². The molecule has 112 valence electrons. The first-order valence-electron chi connectivity index (χ1n) is 8.03. The predicted octanol–water partition coefficient (Wildman–Crippen LogP) is 3.55. The van der Waals surface area contributed by atoms with E-state index in [0.717, 1.165) is 32.3 Å². The maximum absolute atomic E-state index is 5.91. The van der Waals surface area contributed by atoms with Crippen molar-refractivity contribution in [2.24, 2.45) is 0 Å². The molecule has 0 radical (unpaired) electrons. The Labute approximate surface area is 126 Å². The fraction of sp³-hybridized carbons (Fsp3) is 0.812. The summed E-state index contributed by atoms with van der Waals surface area (Å²) in [5.74, 6) is 0. The third-order valence-corrected chi connectivity index (χ3v) is 5.83. The molecular formula is C16H26N2OS. The third-order valence-electron chi connectivity index (χ3n) is 4.61. The predicted molar refractivity (Wildman–Crippen MR) is 83.3 cm³/mol. The third kappa shape index (κ3) is 2.78. The van der Waals surface area contributed by atoms with Gasteiger partial charge in [0.2, 0.25) is 0 Å². The van der Waals surface area contributed by atoms with Gasteiger partial charge in [-0.15, -0.1) is 11.3 Å². The van der Waals surface area contributed by atoms with Crippen LogP contribution in [-0.2, 0) is 16.7 Å². The normalized spacial score (nSPS) is 30.6. The van der Waals surface area contributed by atoms with Crippen molar-refractivity contribution in [2.75, 3.05) is 6.61 Å². The van der Waals surface area contributed by atoms with Crippen LogP contribution in [0.15, 0.2) is 0 Å². The Morgan fingerprint density at radius 2 is 2.20 bits per heavy atom. The Morgan fingerprint density at radius 3 is 2.80 bits per heavy atom. The molecule has 1 aromatic heterocycles. The van der Waals surface area contributed by atoms with Gasteiger partial charge in [0.05, 0.1) is 17.3 Å². The number of aryl methyl sites for hydroxylation is 2. The monoisotopic (exact) mass is 294 g/mol. The lowest BCUT2D eigenvalue weighted by molar-refractivity contribution is -0.0330. The minimum Gasteiger partial charge on any atom is -0.378 e. The largest absolute Gasteiger partial charge is 0.378 e. The molecule has 20 heavy (non-hydrogen) atoms. The molecule has 2 unspecified atom stereocenters. The van der Waals surface area contributed by atoms with Crippen LogP contribution in [0.5, 0.6) is 0 Å². The molecule has 2 heterocycles. The van der Waals surface area contributed by atoms with E-state index in [0.29, 0.717) is 12.1 Å². The van der Waals surface area contributed by atoms with Crippen molar-refractivity contribution in [1.82, 2.24) is 10.3 Å². The fourth-order valence-electron chi connectivity index (χ4n) is 3.18. The second kappa shape index (κ2) is 5.74. The molecule has 3 nitrogen and oxygen atoms in total. The number of thiazole rings is 1. The van der Waals surface area contributed by atoms with Gasteiger partial charge in [0.25, 0.3) is 0 Å². The number of ether oxygens (including phenoxy) is 1. The molecule has 3 rings (SSSR count). The van der Waals surface area contributed by atoms with E-state index < -0.39 is 0 Å². The summed E-state index contributed by atoms with van der Waals surface area (Å²) in [4.78, 5) is 6.36. The fourth-order valence-corrected chi connectivity index (χ4v) is 4.37. The van der Waals surface area contributed by atoms with Crippen molar-refractivity contribution >= 4 is 11.3 Å². The van der Waals surface area contributed by atoms with Crippen LogP contribution in [0.4, 0.5) is 0 Å². The van der Waals surface area contributed by atoms with Gasteiger partial charge in [0, 0.05) is 17.5 Å². The van der Waals surface area contributed by atoms with Crippen LogP contribution in [-0.4, -0.2) is 23.7 Å². The van der Waals surface area contributed by atoms with Gasteiger partial charge in [-0.2, -0.15) is 0 Å². The van der Waals surface area contributed by atoms with Crippen LogP contribution in [0, 0.1) is 6.92 Å². The summed E-state index contributed by atoms with van der Waals surface area (Å²) < 4.78 is 5.91. The second-order valence-electron chi connectivity index (χ2n) is 6.23. The lowest BCUT2D eigenvalue weighted by atomic mass is 9.86. The quantitative estimate of drug-likeness (QED) is 0.902. The average molecular weight is 294 g/mol. The first-order chi connectivity index (χ1) is 9.66. The van der Waals surface area contributed by atoms with E-state index in [4.69, 9.17) is 9.72 Å². The van der Waals surface area contributed by atoms with Gasteiger partial charge in [-0.05, 0) is 45.4 Å². The smallest absolute Gasteiger partial charge is 0.113 e. The highest BCUT2D eigenvalue weighted by atomic mass is 32.1. The van der Waals surface area contributed by atoms with Crippen molar-refractivity contribution in [3.05, 3.63) is 15.6 Å². The number of nitrogens with one attached hydrogen (secondary N) is 1. The molecule has 2 fully saturated rings. The van der Waals surface area contributed by atoms with Gasteiger partial charge in [-0.3, -0.25) is 0 Å². The lowest BCUT2D eigenvalue weighted by Crippen LogP contribution is -2.50. The topological polar surface area (TPSA) is 34.2 Å². The van der Waals surface area contributed by atoms with E-state index in [9.17, 15) is 0 Å². The molecule has 0 bridgehead atoms. The Hall–Kier alpha value is -0.450. The number of hydrogen-bond donors (Lipinski definition) is 1. The minimum absolute atomic E-state index is 0.0724. The summed E-state index contributed by atoms with van der Waals surface area (Å²) in [6, 6.07) is 0.708.